The summed E-state index contributed by atoms with van der Waals surface area (Å²) in [5, 5.41) is 10.0. The summed E-state index contributed by atoms with van der Waals surface area (Å²) in [4.78, 5) is 18.5. The lowest BCUT2D eigenvalue weighted by Crippen LogP contribution is -2.27. The maximum Gasteiger partial charge on any atom is 0.347 e. The molecule has 0 atom stereocenters. The molecule has 0 aliphatic carbocycles. The lowest BCUT2D eigenvalue weighted by atomic mass is 10.2. The highest BCUT2D eigenvalue weighted by molar-refractivity contribution is 7.17. The molecule has 1 aromatic carbocycles. The molecule has 0 amide bonds. The standard InChI is InChI=1S/C20H28N2O4S/c1-5-15-18(20(23)24)27-19(21-15)14-9-10-16(17(13-14)25-8-4)26-12-11-22(6-2)7-3/h9-10,13H,5-8,11-12H2,1-4H3,(H,23,24). The second-order valence-electron chi connectivity index (χ2n) is 5.92. The topological polar surface area (TPSA) is 71.9 Å². The Bertz CT molecular complexity index is 756. The van der Waals surface area contributed by atoms with E-state index in [2.05, 4.69) is 23.7 Å². The van der Waals surface area contributed by atoms with E-state index >= 15 is 0 Å². The maximum absolute atomic E-state index is 11.4. The van der Waals surface area contributed by atoms with Crippen LogP contribution in [-0.4, -0.2) is 53.8 Å². The molecule has 0 unspecified atom stereocenters. The first kappa shape index (κ1) is 21.2. The molecule has 7 heteroatoms. The molecule has 0 spiro atoms. The van der Waals surface area contributed by atoms with E-state index in [9.17, 15) is 9.90 Å². The summed E-state index contributed by atoms with van der Waals surface area (Å²) in [5.41, 5.74) is 1.45. The van der Waals surface area contributed by atoms with Crippen molar-refractivity contribution in [2.45, 2.75) is 34.1 Å². The molecule has 1 heterocycles. The molecule has 0 fully saturated rings. The molecule has 0 saturated heterocycles. The van der Waals surface area contributed by atoms with Gasteiger partial charge in [-0.2, -0.15) is 0 Å². The number of hydrogen-bond acceptors (Lipinski definition) is 6. The second kappa shape index (κ2) is 10.3. The second-order valence-corrected chi connectivity index (χ2v) is 6.92. The minimum Gasteiger partial charge on any atom is -0.490 e. The Morgan fingerprint density at radius 2 is 1.89 bits per heavy atom. The lowest BCUT2D eigenvalue weighted by molar-refractivity contribution is 0.0701. The van der Waals surface area contributed by atoms with Crippen LogP contribution in [-0.2, 0) is 6.42 Å². The van der Waals surface area contributed by atoms with Gasteiger partial charge in [0.05, 0.1) is 12.3 Å². The van der Waals surface area contributed by atoms with Crippen molar-refractivity contribution >= 4 is 17.3 Å². The first-order chi connectivity index (χ1) is 13.0. The number of carboxylic acid groups (broad SMARTS) is 1. The van der Waals surface area contributed by atoms with E-state index < -0.39 is 5.97 Å². The van der Waals surface area contributed by atoms with Gasteiger partial charge in [0, 0.05) is 12.1 Å². The van der Waals surface area contributed by atoms with Gasteiger partial charge in [-0.25, -0.2) is 9.78 Å². The number of benzene rings is 1. The summed E-state index contributed by atoms with van der Waals surface area (Å²) in [6.45, 7) is 12.0. The molecule has 2 aromatic rings. The third-order valence-electron chi connectivity index (χ3n) is 4.28. The van der Waals surface area contributed by atoms with Crippen molar-refractivity contribution < 1.29 is 19.4 Å². The van der Waals surface area contributed by atoms with Gasteiger partial charge >= 0.3 is 5.97 Å². The quantitative estimate of drug-likeness (QED) is 0.618. The number of hydrogen-bond donors (Lipinski definition) is 1. The molecule has 0 saturated carbocycles. The van der Waals surface area contributed by atoms with E-state index in [1.165, 1.54) is 11.3 Å². The summed E-state index contributed by atoms with van der Waals surface area (Å²) >= 11 is 1.19. The number of rotatable bonds is 11. The Balaban J connectivity index is 2.23. The largest absolute Gasteiger partial charge is 0.490 e. The van der Waals surface area contributed by atoms with Crippen LogP contribution in [0.4, 0.5) is 0 Å². The van der Waals surface area contributed by atoms with Crippen molar-refractivity contribution in [2.24, 2.45) is 0 Å². The van der Waals surface area contributed by atoms with Crippen molar-refractivity contribution in [3.05, 3.63) is 28.8 Å². The van der Waals surface area contributed by atoms with Crippen LogP contribution in [0, 0.1) is 0 Å². The van der Waals surface area contributed by atoms with Gasteiger partial charge in [-0.3, -0.25) is 0 Å². The summed E-state index contributed by atoms with van der Waals surface area (Å²) in [6, 6.07) is 5.65. The van der Waals surface area contributed by atoms with E-state index in [1.54, 1.807) is 0 Å². The van der Waals surface area contributed by atoms with Crippen LogP contribution in [0.5, 0.6) is 11.5 Å². The van der Waals surface area contributed by atoms with Gasteiger partial charge in [-0.05, 0) is 44.6 Å². The Kier molecular flexibility index (Phi) is 8.06. The number of ether oxygens (including phenoxy) is 2. The zero-order valence-electron chi connectivity index (χ0n) is 16.4. The average molecular weight is 393 g/mol. The molecule has 1 N–H and O–H groups in total. The molecule has 0 aliphatic rings. The molecule has 0 aliphatic heterocycles. The Labute approximate surface area is 164 Å². The van der Waals surface area contributed by atoms with Crippen LogP contribution in [0.2, 0.25) is 0 Å². The van der Waals surface area contributed by atoms with Crippen molar-refractivity contribution in [1.82, 2.24) is 9.88 Å². The number of carbonyl (C=O) groups is 1. The minimum atomic E-state index is -0.933. The van der Waals surface area contributed by atoms with Gasteiger partial charge in [-0.15, -0.1) is 11.3 Å². The molecular weight excluding hydrogens is 364 g/mol. The summed E-state index contributed by atoms with van der Waals surface area (Å²) in [5.74, 6) is 0.412. The van der Waals surface area contributed by atoms with Crippen LogP contribution in [0.15, 0.2) is 18.2 Å². The number of aryl methyl sites for hydroxylation is 1. The highest BCUT2D eigenvalue weighted by Gasteiger charge is 2.18. The molecule has 27 heavy (non-hydrogen) atoms. The van der Waals surface area contributed by atoms with E-state index in [0.717, 1.165) is 25.2 Å². The number of likely N-dealkylation sites (N-methyl/N-ethyl adjacent to an activating group) is 1. The highest BCUT2D eigenvalue weighted by Crippen LogP contribution is 2.35. The summed E-state index contributed by atoms with van der Waals surface area (Å²) < 4.78 is 11.7. The number of carboxylic acids is 1. The maximum atomic E-state index is 11.4. The smallest absolute Gasteiger partial charge is 0.347 e. The van der Waals surface area contributed by atoms with Crippen molar-refractivity contribution in [1.29, 1.82) is 0 Å². The summed E-state index contributed by atoms with van der Waals surface area (Å²) in [6.07, 6.45) is 0.586. The van der Waals surface area contributed by atoms with Gasteiger partial charge in [0.1, 0.15) is 16.5 Å². The Morgan fingerprint density at radius 1 is 1.15 bits per heavy atom. The Hall–Kier alpha value is -2.12. The van der Waals surface area contributed by atoms with Gasteiger partial charge in [0.15, 0.2) is 11.5 Å². The van der Waals surface area contributed by atoms with Gasteiger partial charge < -0.3 is 19.5 Å². The molecular formula is C20H28N2O4S. The normalized spacial score (nSPS) is 11.0. The lowest BCUT2D eigenvalue weighted by Gasteiger charge is -2.19. The predicted octanol–water partition coefficient (Wildman–Crippen LogP) is 4.19. The van der Waals surface area contributed by atoms with Crippen LogP contribution in [0.1, 0.15) is 43.1 Å². The monoisotopic (exact) mass is 392 g/mol. The SMILES string of the molecule is CCOc1cc(-c2nc(CC)c(C(=O)O)s2)ccc1OCCN(CC)CC. The molecule has 1 aromatic heterocycles. The van der Waals surface area contributed by atoms with E-state index in [1.807, 2.05) is 32.0 Å². The average Bonchev–Trinajstić information content (AvgIpc) is 3.11. The van der Waals surface area contributed by atoms with Gasteiger partial charge in [0.2, 0.25) is 0 Å². The first-order valence-electron chi connectivity index (χ1n) is 9.39. The van der Waals surface area contributed by atoms with Crippen LogP contribution >= 0.6 is 11.3 Å². The van der Waals surface area contributed by atoms with Gasteiger partial charge in [0.25, 0.3) is 0 Å². The number of aromatic nitrogens is 1. The zero-order valence-corrected chi connectivity index (χ0v) is 17.3. The van der Waals surface area contributed by atoms with Crippen molar-refractivity contribution in [3.63, 3.8) is 0 Å². The fourth-order valence-electron chi connectivity index (χ4n) is 2.74. The van der Waals surface area contributed by atoms with Gasteiger partial charge in [-0.1, -0.05) is 20.8 Å². The number of thiazole rings is 1. The van der Waals surface area contributed by atoms with Crippen molar-refractivity contribution in [3.8, 4) is 22.1 Å². The third kappa shape index (κ3) is 5.43. The fraction of sp³-hybridized carbons (Fsp3) is 0.500. The molecule has 0 radical (unpaired) electrons. The van der Waals surface area contributed by atoms with E-state index in [4.69, 9.17) is 9.47 Å². The van der Waals surface area contributed by atoms with Crippen molar-refractivity contribution in [2.75, 3.05) is 32.8 Å². The first-order valence-corrected chi connectivity index (χ1v) is 10.2. The number of nitrogens with zero attached hydrogens (tertiary/aromatic N) is 2. The highest BCUT2D eigenvalue weighted by atomic mass is 32.1. The summed E-state index contributed by atoms with van der Waals surface area (Å²) in [7, 11) is 0. The molecule has 0 bridgehead atoms. The predicted molar refractivity (Wildman–Crippen MR) is 108 cm³/mol. The number of aromatic carboxylic acids is 1. The fourth-order valence-corrected chi connectivity index (χ4v) is 3.72. The minimum absolute atomic E-state index is 0.296. The van der Waals surface area contributed by atoms with Crippen LogP contribution < -0.4 is 9.47 Å². The van der Waals surface area contributed by atoms with Crippen LogP contribution in [0.3, 0.4) is 0 Å². The van der Waals surface area contributed by atoms with E-state index in [-0.39, 0.29) is 0 Å². The van der Waals surface area contributed by atoms with E-state index in [0.29, 0.717) is 46.7 Å². The zero-order chi connectivity index (χ0) is 19.8. The Morgan fingerprint density at radius 3 is 2.44 bits per heavy atom. The van der Waals surface area contributed by atoms with Crippen LogP contribution in [0.25, 0.3) is 10.6 Å². The molecule has 6 nitrogen and oxygen atoms in total. The third-order valence-corrected chi connectivity index (χ3v) is 5.41. The molecule has 148 valence electrons. The molecule has 2 rings (SSSR count).